The highest BCUT2D eigenvalue weighted by atomic mass is 15.2. The Kier molecular flexibility index (Phi) is 3.31. The summed E-state index contributed by atoms with van der Waals surface area (Å²) in [6.45, 7) is 6.43. The molecule has 3 heteroatoms. The molecule has 13 heavy (non-hydrogen) atoms. The van der Waals surface area contributed by atoms with Crippen LogP contribution in [0.1, 0.15) is 20.3 Å². The van der Waals surface area contributed by atoms with Crippen molar-refractivity contribution < 1.29 is 0 Å². The van der Waals surface area contributed by atoms with Gasteiger partial charge in [-0.2, -0.15) is 0 Å². The largest absolute Gasteiger partial charge is 0.359 e. The summed E-state index contributed by atoms with van der Waals surface area (Å²) < 4.78 is 0. The Balaban J connectivity index is 2.48. The van der Waals surface area contributed by atoms with Crippen molar-refractivity contribution in [2.45, 2.75) is 26.3 Å². The van der Waals surface area contributed by atoms with Crippen LogP contribution in [0.25, 0.3) is 0 Å². The summed E-state index contributed by atoms with van der Waals surface area (Å²) in [4.78, 5) is 4.46. The summed E-state index contributed by atoms with van der Waals surface area (Å²) in [5.41, 5.74) is 0. The van der Waals surface area contributed by atoms with Gasteiger partial charge in [-0.25, -0.2) is 0 Å². The molecule has 0 aromatic heterocycles. The van der Waals surface area contributed by atoms with Gasteiger partial charge in [-0.1, -0.05) is 13.8 Å². The van der Waals surface area contributed by atoms with E-state index in [2.05, 4.69) is 30.7 Å². The lowest BCUT2D eigenvalue weighted by atomic mass is 10.1. The quantitative estimate of drug-likeness (QED) is 0.516. The van der Waals surface area contributed by atoms with Crippen LogP contribution in [0.4, 0.5) is 0 Å². The summed E-state index contributed by atoms with van der Waals surface area (Å²) in [7, 11) is 4.19. The van der Waals surface area contributed by atoms with E-state index < -0.39 is 0 Å². The minimum atomic E-state index is 0.343. The van der Waals surface area contributed by atoms with E-state index in [9.17, 15) is 0 Å². The Morgan fingerprint density at radius 1 is 1.54 bits per heavy atom. The Hall–Kier alpha value is -0.570. The van der Waals surface area contributed by atoms with Crippen molar-refractivity contribution in [3.63, 3.8) is 0 Å². The first-order valence-corrected chi connectivity index (χ1v) is 5.02. The number of nitrogens with one attached hydrogen (secondary N) is 1. The van der Waals surface area contributed by atoms with Gasteiger partial charge in [0.15, 0.2) is 0 Å². The van der Waals surface area contributed by atoms with Gasteiger partial charge in [0.2, 0.25) is 0 Å². The van der Waals surface area contributed by atoms with Crippen LogP contribution >= 0.6 is 0 Å². The maximum atomic E-state index is 7.89. The molecule has 1 rings (SSSR count). The topological polar surface area (TPSA) is 30.3 Å². The molecule has 76 valence electrons. The van der Waals surface area contributed by atoms with E-state index in [4.69, 9.17) is 5.41 Å². The molecule has 1 aliphatic rings. The second kappa shape index (κ2) is 4.09. The molecule has 0 aromatic carbocycles. The number of likely N-dealkylation sites (N-methyl/N-ethyl adjacent to an activating group) is 2. The van der Waals surface area contributed by atoms with E-state index in [1.807, 2.05) is 7.05 Å². The van der Waals surface area contributed by atoms with Crippen LogP contribution in [0, 0.1) is 11.3 Å². The van der Waals surface area contributed by atoms with Crippen molar-refractivity contribution in [2.24, 2.45) is 5.92 Å². The highest BCUT2D eigenvalue weighted by molar-refractivity contribution is 5.81. The van der Waals surface area contributed by atoms with Gasteiger partial charge in [-0.15, -0.1) is 0 Å². The fraction of sp³-hybridized carbons (Fsp3) is 0.900. The first kappa shape index (κ1) is 10.5. The number of rotatable bonds is 2. The molecule has 1 fully saturated rings. The molecule has 1 heterocycles. The van der Waals surface area contributed by atoms with Crippen molar-refractivity contribution in [2.75, 3.05) is 27.2 Å². The van der Waals surface area contributed by atoms with Crippen LogP contribution in [0.2, 0.25) is 0 Å². The number of hydrogen-bond donors (Lipinski definition) is 1. The van der Waals surface area contributed by atoms with Gasteiger partial charge in [0.1, 0.15) is 0 Å². The Labute approximate surface area is 81.2 Å². The van der Waals surface area contributed by atoms with Crippen molar-refractivity contribution >= 4 is 5.84 Å². The highest BCUT2D eigenvalue weighted by Crippen LogP contribution is 2.14. The van der Waals surface area contributed by atoms with E-state index in [1.54, 1.807) is 0 Å². The summed E-state index contributed by atoms with van der Waals surface area (Å²) in [5, 5.41) is 7.89. The molecule has 0 radical (unpaired) electrons. The predicted molar refractivity (Wildman–Crippen MR) is 56.2 cm³/mol. The molecule has 0 spiro atoms. The molecule has 0 amide bonds. The summed E-state index contributed by atoms with van der Waals surface area (Å²) in [6, 6.07) is 0.555. The first-order chi connectivity index (χ1) is 6.02. The summed E-state index contributed by atoms with van der Waals surface area (Å²) in [5.74, 6) is 1.11. The van der Waals surface area contributed by atoms with Gasteiger partial charge in [0.25, 0.3) is 0 Å². The van der Waals surface area contributed by atoms with E-state index in [1.165, 1.54) is 13.0 Å². The zero-order valence-electron chi connectivity index (χ0n) is 9.17. The van der Waals surface area contributed by atoms with Crippen LogP contribution in [0.15, 0.2) is 0 Å². The van der Waals surface area contributed by atoms with Crippen LogP contribution in [0.5, 0.6) is 0 Å². The maximum Gasteiger partial charge on any atom is 0.0984 e. The molecule has 1 atom stereocenters. The Morgan fingerprint density at radius 3 is 2.54 bits per heavy atom. The standard InChI is InChI=1S/C10H21N3/c1-8(2)10(11)13(4)9-5-6-12(3)7-9/h8-9,11H,5-7H2,1-4H3. The van der Waals surface area contributed by atoms with Crippen LogP contribution in [-0.2, 0) is 0 Å². The lowest BCUT2D eigenvalue weighted by Gasteiger charge is -2.28. The zero-order chi connectivity index (χ0) is 10.0. The van der Waals surface area contributed by atoms with Gasteiger partial charge in [0, 0.05) is 25.6 Å². The normalized spacial score (nSPS) is 23.9. The highest BCUT2D eigenvalue weighted by Gasteiger charge is 2.25. The fourth-order valence-corrected chi connectivity index (χ4v) is 1.83. The van der Waals surface area contributed by atoms with E-state index in [-0.39, 0.29) is 0 Å². The minimum absolute atomic E-state index is 0.343. The third-order valence-electron chi connectivity index (χ3n) is 2.84. The van der Waals surface area contributed by atoms with E-state index >= 15 is 0 Å². The van der Waals surface area contributed by atoms with Crippen molar-refractivity contribution in [1.82, 2.24) is 9.80 Å². The Bertz CT molecular complexity index is 189. The molecule has 3 nitrogen and oxygen atoms in total. The Morgan fingerprint density at radius 2 is 2.15 bits per heavy atom. The SMILES string of the molecule is CC(C)C(=N)N(C)C1CCN(C)C1. The summed E-state index contributed by atoms with van der Waals surface area (Å²) >= 11 is 0. The third-order valence-corrected chi connectivity index (χ3v) is 2.84. The third kappa shape index (κ3) is 2.44. The summed E-state index contributed by atoms with van der Waals surface area (Å²) in [6.07, 6.45) is 1.20. The van der Waals surface area contributed by atoms with Gasteiger partial charge < -0.3 is 9.80 Å². The van der Waals surface area contributed by atoms with E-state index in [0.29, 0.717) is 12.0 Å². The zero-order valence-corrected chi connectivity index (χ0v) is 9.17. The number of hydrogen-bond acceptors (Lipinski definition) is 2. The van der Waals surface area contributed by atoms with Crippen LogP contribution in [-0.4, -0.2) is 48.9 Å². The molecular formula is C10H21N3. The molecule has 0 bridgehead atoms. The van der Waals surface area contributed by atoms with Crippen molar-refractivity contribution in [3.8, 4) is 0 Å². The molecule has 1 saturated heterocycles. The lowest BCUT2D eigenvalue weighted by Crippen LogP contribution is -2.40. The van der Waals surface area contributed by atoms with Crippen LogP contribution in [0.3, 0.4) is 0 Å². The molecule has 1 N–H and O–H groups in total. The average Bonchev–Trinajstić information content (AvgIpc) is 2.49. The van der Waals surface area contributed by atoms with Crippen molar-refractivity contribution in [3.05, 3.63) is 0 Å². The second-order valence-electron chi connectivity index (χ2n) is 4.36. The van der Waals surface area contributed by atoms with Crippen LogP contribution < -0.4 is 0 Å². The van der Waals surface area contributed by atoms with Gasteiger partial charge >= 0.3 is 0 Å². The van der Waals surface area contributed by atoms with Crippen molar-refractivity contribution in [1.29, 1.82) is 5.41 Å². The fourth-order valence-electron chi connectivity index (χ4n) is 1.83. The molecule has 1 unspecified atom stereocenters. The number of amidine groups is 1. The molecule has 0 aliphatic carbocycles. The number of nitrogens with zero attached hydrogens (tertiary/aromatic N) is 2. The number of likely N-dealkylation sites (tertiary alicyclic amines) is 1. The smallest absolute Gasteiger partial charge is 0.0984 e. The van der Waals surface area contributed by atoms with Gasteiger partial charge in [-0.3, -0.25) is 5.41 Å². The second-order valence-corrected chi connectivity index (χ2v) is 4.36. The first-order valence-electron chi connectivity index (χ1n) is 5.02. The molecule has 0 saturated carbocycles. The van der Waals surface area contributed by atoms with Gasteiger partial charge in [-0.05, 0) is 20.0 Å². The predicted octanol–water partition coefficient (Wildman–Crippen LogP) is 1.26. The monoisotopic (exact) mass is 183 g/mol. The maximum absolute atomic E-state index is 7.89. The minimum Gasteiger partial charge on any atom is -0.359 e. The van der Waals surface area contributed by atoms with Gasteiger partial charge in [0.05, 0.1) is 5.84 Å². The van der Waals surface area contributed by atoms with E-state index in [0.717, 1.165) is 12.4 Å². The molecule has 0 aromatic rings. The lowest BCUT2D eigenvalue weighted by molar-refractivity contribution is 0.331. The molecular weight excluding hydrogens is 162 g/mol. The molecule has 1 aliphatic heterocycles. The average molecular weight is 183 g/mol.